The molecule has 0 bridgehead atoms. The number of hydrogen-bond acceptors (Lipinski definition) is 3. The fraction of sp³-hybridized carbons (Fsp3) is 0.400. The minimum absolute atomic E-state index is 0.179. The average Bonchev–Trinajstić information content (AvgIpc) is 2.86. The fourth-order valence-corrected chi connectivity index (χ4v) is 2.32. The molecule has 1 aromatic carbocycles. The van der Waals surface area contributed by atoms with Crippen LogP contribution in [-0.2, 0) is 6.54 Å². The molecular formula is C15H20N2S. The van der Waals surface area contributed by atoms with E-state index in [0.29, 0.717) is 0 Å². The van der Waals surface area contributed by atoms with Crippen molar-refractivity contribution in [1.82, 2.24) is 10.3 Å². The topological polar surface area (TPSA) is 24.9 Å². The second-order valence-electron chi connectivity index (χ2n) is 5.08. The van der Waals surface area contributed by atoms with Gasteiger partial charge in [-0.3, -0.25) is 0 Å². The fourth-order valence-electron chi connectivity index (χ4n) is 1.57. The maximum absolute atomic E-state index is 4.67. The highest BCUT2D eigenvalue weighted by Gasteiger charge is 2.14. The Bertz CT molecular complexity index is 488. The van der Waals surface area contributed by atoms with Gasteiger partial charge >= 0.3 is 0 Å². The van der Waals surface area contributed by atoms with E-state index in [1.165, 1.54) is 5.56 Å². The molecule has 1 N–H and O–H groups in total. The summed E-state index contributed by atoms with van der Waals surface area (Å²) in [7, 11) is 0. The monoisotopic (exact) mass is 260 g/mol. The molecule has 0 spiro atoms. The molecule has 96 valence electrons. The van der Waals surface area contributed by atoms with Gasteiger partial charge in [0, 0.05) is 23.0 Å². The first-order valence-electron chi connectivity index (χ1n) is 6.35. The van der Waals surface area contributed by atoms with Gasteiger partial charge in [0.05, 0.1) is 5.69 Å². The highest BCUT2D eigenvalue weighted by atomic mass is 32.1. The zero-order valence-corrected chi connectivity index (χ0v) is 12.1. The van der Waals surface area contributed by atoms with E-state index in [0.717, 1.165) is 23.7 Å². The van der Waals surface area contributed by atoms with Crippen LogP contribution in [0.3, 0.4) is 0 Å². The van der Waals surface area contributed by atoms with E-state index in [1.54, 1.807) is 11.3 Å². The van der Waals surface area contributed by atoms with Crippen molar-refractivity contribution in [2.75, 3.05) is 0 Å². The highest BCUT2D eigenvalue weighted by molar-refractivity contribution is 7.09. The van der Waals surface area contributed by atoms with E-state index in [4.69, 9.17) is 0 Å². The molecule has 0 fully saturated rings. The summed E-state index contributed by atoms with van der Waals surface area (Å²) < 4.78 is 0. The molecule has 0 radical (unpaired) electrons. The van der Waals surface area contributed by atoms with Gasteiger partial charge in [0.1, 0.15) is 5.01 Å². The number of aromatic nitrogens is 1. The predicted octanol–water partition coefficient (Wildman–Crippen LogP) is 4.09. The van der Waals surface area contributed by atoms with Gasteiger partial charge in [-0.25, -0.2) is 4.98 Å². The maximum Gasteiger partial charge on any atom is 0.107 e. The Balaban J connectivity index is 2.03. The smallest absolute Gasteiger partial charge is 0.107 e. The van der Waals surface area contributed by atoms with Crippen LogP contribution in [0.1, 0.15) is 32.2 Å². The molecule has 0 saturated carbocycles. The molecule has 0 saturated heterocycles. The molecule has 18 heavy (non-hydrogen) atoms. The molecular weight excluding hydrogens is 240 g/mol. The molecule has 3 heteroatoms. The standard InChI is InChI=1S/C15H20N2S/c1-4-15(2,3)16-10-14-17-13(11-18-14)12-8-6-5-7-9-12/h5-9,11,16H,4,10H2,1-3H3. The largest absolute Gasteiger partial charge is 0.305 e. The summed E-state index contributed by atoms with van der Waals surface area (Å²) in [6.45, 7) is 7.49. The molecule has 1 aromatic heterocycles. The third-order valence-electron chi connectivity index (χ3n) is 3.22. The van der Waals surface area contributed by atoms with E-state index >= 15 is 0 Å². The van der Waals surface area contributed by atoms with Crippen LogP contribution in [0.2, 0.25) is 0 Å². The lowest BCUT2D eigenvalue weighted by molar-refractivity contribution is 0.374. The first-order valence-corrected chi connectivity index (χ1v) is 7.23. The van der Waals surface area contributed by atoms with Crippen LogP contribution in [0.4, 0.5) is 0 Å². The molecule has 1 heterocycles. The molecule has 2 aromatic rings. The van der Waals surface area contributed by atoms with Crippen LogP contribution >= 0.6 is 11.3 Å². The van der Waals surface area contributed by atoms with Gasteiger partial charge in [0.2, 0.25) is 0 Å². The van der Waals surface area contributed by atoms with Gasteiger partial charge in [-0.2, -0.15) is 0 Å². The Morgan fingerprint density at radius 1 is 1.22 bits per heavy atom. The molecule has 0 aliphatic rings. The van der Waals surface area contributed by atoms with Crippen LogP contribution in [0, 0.1) is 0 Å². The number of hydrogen-bond donors (Lipinski definition) is 1. The van der Waals surface area contributed by atoms with E-state index < -0.39 is 0 Å². The third kappa shape index (κ3) is 3.40. The predicted molar refractivity (Wildman–Crippen MR) is 78.8 cm³/mol. The second kappa shape index (κ2) is 5.63. The Kier molecular flexibility index (Phi) is 4.15. The first kappa shape index (κ1) is 13.2. The van der Waals surface area contributed by atoms with Crippen LogP contribution in [-0.4, -0.2) is 10.5 Å². The number of thiazole rings is 1. The van der Waals surface area contributed by atoms with Gasteiger partial charge in [-0.1, -0.05) is 37.3 Å². The highest BCUT2D eigenvalue weighted by Crippen LogP contribution is 2.21. The average molecular weight is 260 g/mol. The minimum Gasteiger partial charge on any atom is -0.305 e. The van der Waals surface area contributed by atoms with E-state index in [9.17, 15) is 0 Å². The van der Waals surface area contributed by atoms with Crippen LogP contribution in [0.15, 0.2) is 35.7 Å². The van der Waals surface area contributed by atoms with Gasteiger partial charge in [-0.05, 0) is 20.3 Å². The maximum atomic E-state index is 4.67. The number of nitrogens with zero attached hydrogens (tertiary/aromatic N) is 1. The van der Waals surface area contributed by atoms with Crippen molar-refractivity contribution >= 4 is 11.3 Å². The normalized spacial score (nSPS) is 11.7. The summed E-state index contributed by atoms with van der Waals surface area (Å²) in [6.07, 6.45) is 1.11. The lowest BCUT2D eigenvalue weighted by atomic mass is 10.0. The van der Waals surface area contributed by atoms with Crippen molar-refractivity contribution in [3.63, 3.8) is 0 Å². The molecule has 0 amide bonds. The summed E-state index contributed by atoms with van der Waals surface area (Å²) >= 11 is 1.72. The Morgan fingerprint density at radius 2 is 1.94 bits per heavy atom. The number of nitrogens with one attached hydrogen (secondary N) is 1. The molecule has 0 unspecified atom stereocenters. The molecule has 2 rings (SSSR count). The minimum atomic E-state index is 0.179. The van der Waals surface area contributed by atoms with Gasteiger partial charge in [0.25, 0.3) is 0 Å². The SMILES string of the molecule is CCC(C)(C)NCc1nc(-c2ccccc2)cs1. The summed E-state index contributed by atoms with van der Waals surface area (Å²) in [5.74, 6) is 0. The first-order chi connectivity index (χ1) is 8.61. The van der Waals surface area contributed by atoms with Gasteiger partial charge in [0.15, 0.2) is 0 Å². The van der Waals surface area contributed by atoms with Crippen LogP contribution < -0.4 is 5.32 Å². The second-order valence-corrected chi connectivity index (χ2v) is 6.03. The number of benzene rings is 1. The molecule has 0 aliphatic carbocycles. The van der Waals surface area contributed by atoms with E-state index in [2.05, 4.69) is 48.6 Å². The van der Waals surface area contributed by atoms with Crippen molar-refractivity contribution in [1.29, 1.82) is 0 Å². The summed E-state index contributed by atoms with van der Waals surface area (Å²) in [4.78, 5) is 4.67. The van der Waals surface area contributed by atoms with Gasteiger partial charge in [-0.15, -0.1) is 11.3 Å². The summed E-state index contributed by atoms with van der Waals surface area (Å²) in [5, 5.41) is 6.82. The van der Waals surface area contributed by atoms with Crippen molar-refractivity contribution in [3.8, 4) is 11.3 Å². The Morgan fingerprint density at radius 3 is 2.61 bits per heavy atom. The number of rotatable bonds is 5. The van der Waals surface area contributed by atoms with E-state index in [1.807, 2.05) is 18.2 Å². The Hall–Kier alpha value is -1.19. The lowest BCUT2D eigenvalue weighted by Crippen LogP contribution is -2.37. The molecule has 0 atom stereocenters. The van der Waals surface area contributed by atoms with Crippen molar-refractivity contribution < 1.29 is 0 Å². The quantitative estimate of drug-likeness (QED) is 0.876. The van der Waals surface area contributed by atoms with Gasteiger partial charge < -0.3 is 5.32 Å². The van der Waals surface area contributed by atoms with Crippen LogP contribution in [0.5, 0.6) is 0 Å². The lowest BCUT2D eigenvalue weighted by Gasteiger charge is -2.23. The van der Waals surface area contributed by atoms with Crippen molar-refractivity contribution in [2.45, 2.75) is 39.3 Å². The zero-order chi connectivity index (χ0) is 13.0. The Labute approximate surface area is 113 Å². The van der Waals surface area contributed by atoms with Crippen LogP contribution in [0.25, 0.3) is 11.3 Å². The third-order valence-corrected chi connectivity index (χ3v) is 4.07. The summed E-state index contributed by atoms with van der Waals surface area (Å²) in [6, 6.07) is 10.3. The molecule has 2 nitrogen and oxygen atoms in total. The zero-order valence-electron chi connectivity index (χ0n) is 11.2. The summed E-state index contributed by atoms with van der Waals surface area (Å²) in [5.41, 5.74) is 2.44. The van der Waals surface area contributed by atoms with E-state index in [-0.39, 0.29) is 5.54 Å². The molecule has 0 aliphatic heterocycles. The van der Waals surface area contributed by atoms with Crippen molar-refractivity contribution in [2.24, 2.45) is 0 Å². The van der Waals surface area contributed by atoms with Crippen molar-refractivity contribution in [3.05, 3.63) is 40.7 Å².